The van der Waals surface area contributed by atoms with Crippen molar-refractivity contribution in [1.82, 2.24) is 0 Å². The molecule has 1 rings (SSSR count). The number of aromatic hydroxyl groups is 1. The maximum Gasteiger partial charge on any atom is 0.180 e. The Hall–Kier alpha value is -1.51. The first-order valence-electron chi connectivity index (χ1n) is 4.70. The molecular formula is C11H15NO2. The number of hydrogen-bond donors (Lipinski definition) is 2. The van der Waals surface area contributed by atoms with E-state index in [1.807, 2.05) is 19.1 Å². The van der Waals surface area contributed by atoms with Crippen molar-refractivity contribution in [1.29, 1.82) is 5.41 Å². The second-order valence-electron chi connectivity index (χ2n) is 3.02. The highest BCUT2D eigenvalue weighted by atomic mass is 16.5. The summed E-state index contributed by atoms with van der Waals surface area (Å²) in [6.45, 7) is 2.42. The molecule has 0 fully saturated rings. The van der Waals surface area contributed by atoms with Gasteiger partial charge in [-0.25, -0.2) is 0 Å². The van der Waals surface area contributed by atoms with Gasteiger partial charge in [0.1, 0.15) is 5.75 Å². The van der Waals surface area contributed by atoms with E-state index in [1.54, 1.807) is 12.1 Å². The maximum atomic E-state index is 9.05. The number of hydrogen-bond acceptors (Lipinski definition) is 3. The first kappa shape index (κ1) is 10.6. The van der Waals surface area contributed by atoms with Gasteiger partial charge < -0.3 is 9.84 Å². The number of phenolic OH excluding ortho intramolecular Hbond substituents is 1. The average Bonchev–Trinajstić information content (AvgIpc) is 2.17. The Bertz CT molecular complexity index is 293. The first-order chi connectivity index (χ1) is 6.72. The van der Waals surface area contributed by atoms with E-state index in [0.717, 1.165) is 12.0 Å². The summed E-state index contributed by atoms with van der Waals surface area (Å²) in [6.07, 6.45) is 1.39. The number of nitrogens with one attached hydrogen (secondary N) is 1. The van der Waals surface area contributed by atoms with Crippen molar-refractivity contribution in [3.63, 3.8) is 0 Å². The highest BCUT2D eigenvalue weighted by Gasteiger charge is 1.98. The number of aryl methyl sites for hydroxylation is 1. The Morgan fingerprint density at radius 2 is 2.00 bits per heavy atom. The zero-order chi connectivity index (χ0) is 10.4. The molecule has 0 aliphatic carbocycles. The second kappa shape index (κ2) is 5.27. The molecule has 0 spiro atoms. The smallest absolute Gasteiger partial charge is 0.180 e. The van der Waals surface area contributed by atoms with Crippen LogP contribution >= 0.6 is 0 Å². The van der Waals surface area contributed by atoms with Gasteiger partial charge in [-0.3, -0.25) is 5.41 Å². The lowest BCUT2D eigenvalue weighted by atomic mass is 10.1. The van der Waals surface area contributed by atoms with E-state index < -0.39 is 0 Å². The van der Waals surface area contributed by atoms with Crippen molar-refractivity contribution in [2.24, 2.45) is 0 Å². The van der Waals surface area contributed by atoms with Gasteiger partial charge in [0, 0.05) is 6.42 Å². The van der Waals surface area contributed by atoms with Gasteiger partial charge in [0.05, 0.1) is 6.61 Å². The van der Waals surface area contributed by atoms with Crippen molar-refractivity contribution in [3.8, 4) is 5.75 Å². The fourth-order valence-corrected chi connectivity index (χ4v) is 1.17. The van der Waals surface area contributed by atoms with Crippen LogP contribution in [0.4, 0.5) is 0 Å². The molecule has 3 nitrogen and oxygen atoms in total. The number of rotatable bonds is 4. The summed E-state index contributed by atoms with van der Waals surface area (Å²) in [4.78, 5) is 0. The second-order valence-corrected chi connectivity index (χ2v) is 3.02. The molecular weight excluding hydrogens is 178 g/mol. The van der Waals surface area contributed by atoms with E-state index in [2.05, 4.69) is 0 Å². The topological polar surface area (TPSA) is 53.3 Å². The summed E-state index contributed by atoms with van der Waals surface area (Å²) >= 11 is 0. The van der Waals surface area contributed by atoms with Crippen molar-refractivity contribution in [3.05, 3.63) is 29.8 Å². The standard InChI is InChI=1S/C11H15NO2/c1-2-14-11(12)8-5-9-3-6-10(13)7-4-9/h3-4,6-7,12-13H,2,5,8H2,1H3. The Labute approximate surface area is 83.8 Å². The van der Waals surface area contributed by atoms with Crippen LogP contribution in [0.2, 0.25) is 0 Å². The van der Waals surface area contributed by atoms with Crippen LogP contribution in [-0.2, 0) is 11.2 Å². The fourth-order valence-electron chi connectivity index (χ4n) is 1.17. The van der Waals surface area contributed by atoms with Crippen LogP contribution < -0.4 is 0 Å². The molecule has 0 heterocycles. The average molecular weight is 193 g/mol. The van der Waals surface area contributed by atoms with Crippen molar-refractivity contribution in [2.75, 3.05) is 6.61 Å². The van der Waals surface area contributed by atoms with E-state index >= 15 is 0 Å². The predicted octanol–water partition coefficient (Wildman–Crippen LogP) is 2.34. The predicted molar refractivity (Wildman–Crippen MR) is 55.8 cm³/mol. The summed E-state index contributed by atoms with van der Waals surface area (Å²) in [5.41, 5.74) is 1.10. The van der Waals surface area contributed by atoms with Gasteiger partial charge in [-0.15, -0.1) is 0 Å². The lowest BCUT2D eigenvalue weighted by molar-refractivity contribution is 0.314. The third-order valence-electron chi connectivity index (χ3n) is 1.90. The van der Waals surface area contributed by atoms with Crippen LogP contribution in [-0.4, -0.2) is 17.6 Å². The summed E-state index contributed by atoms with van der Waals surface area (Å²) in [7, 11) is 0. The minimum Gasteiger partial charge on any atom is -0.508 e. The fraction of sp³-hybridized carbons (Fsp3) is 0.364. The van der Waals surface area contributed by atoms with Gasteiger partial charge in [-0.05, 0) is 31.0 Å². The van der Waals surface area contributed by atoms with E-state index in [0.29, 0.717) is 18.9 Å². The zero-order valence-corrected chi connectivity index (χ0v) is 8.29. The molecule has 76 valence electrons. The highest BCUT2D eigenvalue weighted by molar-refractivity contribution is 5.72. The van der Waals surface area contributed by atoms with Gasteiger partial charge in [0.2, 0.25) is 0 Å². The highest BCUT2D eigenvalue weighted by Crippen LogP contribution is 2.11. The van der Waals surface area contributed by atoms with Crippen LogP contribution in [0.5, 0.6) is 5.75 Å². The summed E-state index contributed by atoms with van der Waals surface area (Å²) in [5, 5.41) is 16.5. The molecule has 0 aliphatic rings. The molecule has 2 N–H and O–H groups in total. The van der Waals surface area contributed by atoms with Crippen LogP contribution in [0.3, 0.4) is 0 Å². The Morgan fingerprint density at radius 3 is 2.57 bits per heavy atom. The van der Waals surface area contributed by atoms with Gasteiger partial charge in [-0.2, -0.15) is 0 Å². The molecule has 0 saturated carbocycles. The van der Waals surface area contributed by atoms with E-state index in [9.17, 15) is 0 Å². The van der Waals surface area contributed by atoms with Gasteiger partial charge >= 0.3 is 0 Å². The molecule has 14 heavy (non-hydrogen) atoms. The molecule has 1 aromatic rings. The lowest BCUT2D eigenvalue weighted by Crippen LogP contribution is -2.04. The number of ether oxygens (including phenoxy) is 1. The van der Waals surface area contributed by atoms with Crippen molar-refractivity contribution < 1.29 is 9.84 Å². The van der Waals surface area contributed by atoms with E-state index in [4.69, 9.17) is 15.3 Å². The van der Waals surface area contributed by atoms with Crippen LogP contribution in [0.15, 0.2) is 24.3 Å². The van der Waals surface area contributed by atoms with Gasteiger partial charge in [0.15, 0.2) is 5.90 Å². The van der Waals surface area contributed by atoms with Crippen LogP contribution in [0.25, 0.3) is 0 Å². The molecule has 0 saturated heterocycles. The molecule has 0 radical (unpaired) electrons. The molecule has 0 aliphatic heterocycles. The van der Waals surface area contributed by atoms with Crippen LogP contribution in [0, 0.1) is 5.41 Å². The quantitative estimate of drug-likeness (QED) is 0.569. The molecule has 0 amide bonds. The van der Waals surface area contributed by atoms with Gasteiger partial charge in [0.25, 0.3) is 0 Å². The van der Waals surface area contributed by atoms with E-state index in [-0.39, 0.29) is 5.75 Å². The molecule has 0 unspecified atom stereocenters. The van der Waals surface area contributed by atoms with Crippen molar-refractivity contribution >= 4 is 5.90 Å². The summed E-state index contributed by atoms with van der Waals surface area (Å²) in [6, 6.07) is 7.02. The van der Waals surface area contributed by atoms with Crippen molar-refractivity contribution in [2.45, 2.75) is 19.8 Å². The summed E-state index contributed by atoms with van der Waals surface area (Å²) in [5.74, 6) is 0.592. The minimum atomic E-state index is 0.272. The number of phenols is 1. The zero-order valence-electron chi connectivity index (χ0n) is 8.29. The molecule has 0 bridgehead atoms. The molecule has 0 atom stereocenters. The molecule has 0 aromatic heterocycles. The monoisotopic (exact) mass is 193 g/mol. The maximum absolute atomic E-state index is 9.05. The minimum absolute atomic E-state index is 0.272. The lowest BCUT2D eigenvalue weighted by Gasteiger charge is -2.04. The Kier molecular flexibility index (Phi) is 3.98. The Morgan fingerprint density at radius 1 is 1.36 bits per heavy atom. The SMILES string of the molecule is CCOC(=N)CCc1ccc(O)cc1. The molecule has 3 heteroatoms. The van der Waals surface area contributed by atoms with E-state index in [1.165, 1.54) is 0 Å². The van der Waals surface area contributed by atoms with Gasteiger partial charge in [-0.1, -0.05) is 12.1 Å². The Balaban J connectivity index is 2.38. The number of benzene rings is 1. The third kappa shape index (κ3) is 3.47. The molecule has 1 aromatic carbocycles. The summed E-state index contributed by atoms with van der Waals surface area (Å²) < 4.78 is 5.02. The normalized spacial score (nSPS) is 9.79. The van der Waals surface area contributed by atoms with Crippen LogP contribution in [0.1, 0.15) is 18.9 Å². The third-order valence-corrected chi connectivity index (χ3v) is 1.90. The first-order valence-corrected chi connectivity index (χ1v) is 4.70. The largest absolute Gasteiger partial charge is 0.508 e.